The predicted octanol–water partition coefficient (Wildman–Crippen LogP) is 0.925. The molecule has 3 heterocycles. The summed E-state index contributed by atoms with van der Waals surface area (Å²) in [6.07, 6.45) is 0.949. The van der Waals surface area contributed by atoms with E-state index >= 15 is 0 Å². The minimum absolute atomic E-state index is 0.00867. The van der Waals surface area contributed by atoms with E-state index in [2.05, 4.69) is 15.3 Å². The Balaban J connectivity index is 2.21. The van der Waals surface area contributed by atoms with Crippen LogP contribution >= 0.6 is 0 Å². The lowest BCUT2D eigenvalue weighted by Crippen LogP contribution is -2.47. The van der Waals surface area contributed by atoms with Gasteiger partial charge in [0.25, 0.3) is 11.5 Å². The second-order valence-electron chi connectivity index (χ2n) is 8.22. The van der Waals surface area contributed by atoms with Crippen LogP contribution in [0.2, 0.25) is 0 Å². The summed E-state index contributed by atoms with van der Waals surface area (Å²) >= 11 is 0. The Kier molecular flexibility index (Phi) is 5.42. The zero-order valence-electron chi connectivity index (χ0n) is 17.0. The van der Waals surface area contributed by atoms with Crippen LogP contribution < -0.4 is 16.6 Å². The van der Waals surface area contributed by atoms with E-state index < -0.39 is 32.5 Å². The van der Waals surface area contributed by atoms with Crippen LogP contribution in [0.1, 0.15) is 62.5 Å². The first kappa shape index (κ1) is 21.2. The van der Waals surface area contributed by atoms with Crippen LogP contribution in [0.4, 0.5) is 0 Å². The van der Waals surface area contributed by atoms with Gasteiger partial charge in [-0.25, -0.2) is 18.2 Å². The van der Waals surface area contributed by atoms with Gasteiger partial charge >= 0.3 is 5.69 Å². The van der Waals surface area contributed by atoms with Gasteiger partial charge in [-0.1, -0.05) is 20.8 Å². The number of nitrogens with zero attached hydrogens (tertiary/aromatic N) is 2. The number of amides is 1. The van der Waals surface area contributed by atoms with Crippen molar-refractivity contribution >= 4 is 26.8 Å². The normalized spacial score (nSPS) is 21.0. The maximum Gasteiger partial charge on any atom is 0.329 e. The zero-order chi connectivity index (χ0) is 21.6. The van der Waals surface area contributed by atoms with Crippen molar-refractivity contribution < 1.29 is 13.2 Å². The number of H-pyrrole nitrogens is 1. The molecule has 0 spiro atoms. The largest absolute Gasteiger partial charge is 0.346 e. The molecule has 1 aliphatic heterocycles. The predicted molar refractivity (Wildman–Crippen MR) is 110 cm³/mol. The third-order valence-corrected chi connectivity index (χ3v) is 7.07. The lowest BCUT2D eigenvalue weighted by atomic mass is 9.99. The summed E-state index contributed by atoms with van der Waals surface area (Å²) in [6, 6.07) is 1.55. The lowest BCUT2D eigenvalue weighted by molar-refractivity contribution is 0.0916. The van der Waals surface area contributed by atoms with E-state index in [1.165, 1.54) is 4.57 Å². The molecule has 1 saturated heterocycles. The van der Waals surface area contributed by atoms with Gasteiger partial charge in [-0.3, -0.25) is 19.1 Å². The average Bonchev–Trinajstić information content (AvgIpc) is 2.90. The van der Waals surface area contributed by atoms with Crippen LogP contribution in [-0.4, -0.2) is 45.9 Å². The highest BCUT2D eigenvalue weighted by Gasteiger charge is 2.40. The highest BCUT2D eigenvalue weighted by molar-refractivity contribution is 7.91. The van der Waals surface area contributed by atoms with Crippen molar-refractivity contribution in [2.75, 3.05) is 11.5 Å². The number of hydrogen-bond donors (Lipinski definition) is 2. The highest BCUT2D eigenvalue weighted by Crippen LogP contribution is 2.25. The Morgan fingerprint density at radius 2 is 2.07 bits per heavy atom. The number of pyridine rings is 1. The molecule has 2 N–H and O–H groups in total. The summed E-state index contributed by atoms with van der Waals surface area (Å²) in [5, 5.41) is 2.82. The molecule has 0 aliphatic carbocycles. The van der Waals surface area contributed by atoms with Crippen LogP contribution in [0.25, 0.3) is 11.0 Å². The Labute approximate surface area is 168 Å². The molecule has 1 fully saturated rings. The van der Waals surface area contributed by atoms with Crippen LogP contribution in [0, 0.1) is 0 Å². The van der Waals surface area contributed by atoms with Crippen molar-refractivity contribution in [3.05, 3.63) is 38.2 Å². The van der Waals surface area contributed by atoms with E-state index in [9.17, 15) is 22.8 Å². The number of nitrogens with one attached hydrogen (secondary N) is 2. The molecular formula is C19H26N4O5S. The molecule has 9 nitrogen and oxygen atoms in total. The molecule has 3 rings (SSSR count). The monoisotopic (exact) mass is 422 g/mol. The minimum Gasteiger partial charge on any atom is -0.346 e. The van der Waals surface area contributed by atoms with Crippen LogP contribution in [0.3, 0.4) is 0 Å². The summed E-state index contributed by atoms with van der Waals surface area (Å²) in [6.45, 7) is 7.72. The summed E-state index contributed by atoms with van der Waals surface area (Å²) in [7, 11) is -3.21. The maximum absolute atomic E-state index is 13.1. The molecule has 2 aromatic rings. The smallest absolute Gasteiger partial charge is 0.329 e. The maximum atomic E-state index is 13.1. The van der Waals surface area contributed by atoms with Crippen molar-refractivity contribution in [3.63, 3.8) is 0 Å². The fraction of sp³-hybridized carbons (Fsp3) is 0.579. The summed E-state index contributed by atoms with van der Waals surface area (Å²) in [5.41, 5.74) is -1.33. The fourth-order valence-electron chi connectivity index (χ4n) is 3.65. The lowest BCUT2D eigenvalue weighted by Gasteiger charge is -2.24. The molecule has 0 bridgehead atoms. The third kappa shape index (κ3) is 4.12. The Morgan fingerprint density at radius 1 is 1.38 bits per heavy atom. The minimum atomic E-state index is -3.21. The first-order valence-electron chi connectivity index (χ1n) is 9.67. The second kappa shape index (κ2) is 7.40. The molecule has 29 heavy (non-hydrogen) atoms. The molecule has 0 saturated carbocycles. The van der Waals surface area contributed by atoms with Gasteiger partial charge in [0.05, 0.1) is 28.0 Å². The molecule has 0 unspecified atom stereocenters. The molecule has 2 aromatic heterocycles. The van der Waals surface area contributed by atoms with Gasteiger partial charge in [-0.05, 0) is 31.7 Å². The second-order valence-corrected chi connectivity index (χ2v) is 10.4. The van der Waals surface area contributed by atoms with E-state index in [1.54, 1.807) is 13.0 Å². The summed E-state index contributed by atoms with van der Waals surface area (Å²) < 4.78 is 25.1. The number of carbonyl (C=O) groups is 1. The van der Waals surface area contributed by atoms with Gasteiger partial charge in [-0.15, -0.1) is 0 Å². The molecule has 158 valence electrons. The molecule has 10 heteroatoms. The van der Waals surface area contributed by atoms with E-state index in [-0.39, 0.29) is 34.0 Å². The van der Waals surface area contributed by atoms with Crippen LogP contribution in [-0.2, 0) is 16.4 Å². The highest BCUT2D eigenvalue weighted by atomic mass is 32.2. The molecule has 1 aliphatic rings. The first-order valence-corrected chi connectivity index (χ1v) is 11.5. The average molecular weight is 423 g/mol. The van der Waals surface area contributed by atoms with E-state index in [0.29, 0.717) is 25.1 Å². The number of hydrogen-bond acceptors (Lipinski definition) is 6. The zero-order valence-corrected chi connectivity index (χ0v) is 17.9. The standard InChI is InChI=1S/C19H26N4O5S/c1-5-7-23-15-14(17(25)21-18(23)26)12(9-13(20-15)11(2)3)16(24)22-19(4)6-8-29(27,28)10-19/h9,11H,5-8,10H2,1-4H3,(H,22,24)(H,21,25,26)/t19-/m0/s1. The Hall–Kier alpha value is -2.49. The van der Waals surface area contributed by atoms with Gasteiger partial charge in [0.2, 0.25) is 0 Å². The number of carbonyl (C=O) groups excluding carboxylic acids is 1. The van der Waals surface area contributed by atoms with Gasteiger partial charge in [0.1, 0.15) is 0 Å². The first-order chi connectivity index (χ1) is 13.5. The summed E-state index contributed by atoms with van der Waals surface area (Å²) in [5.74, 6) is -0.735. The van der Waals surface area contributed by atoms with Crippen molar-refractivity contribution in [3.8, 4) is 0 Å². The van der Waals surface area contributed by atoms with E-state index in [1.807, 2.05) is 20.8 Å². The fourth-order valence-corrected chi connectivity index (χ4v) is 5.74. The van der Waals surface area contributed by atoms with Gasteiger partial charge < -0.3 is 5.32 Å². The number of aromatic nitrogens is 3. The summed E-state index contributed by atoms with van der Waals surface area (Å²) in [4.78, 5) is 44.8. The third-order valence-electron chi connectivity index (χ3n) is 5.17. The molecule has 0 aromatic carbocycles. The van der Waals surface area contributed by atoms with Crippen molar-refractivity contribution in [1.29, 1.82) is 0 Å². The van der Waals surface area contributed by atoms with E-state index in [4.69, 9.17) is 0 Å². The molecular weight excluding hydrogens is 396 g/mol. The van der Waals surface area contributed by atoms with Gasteiger partial charge in [0.15, 0.2) is 15.5 Å². The van der Waals surface area contributed by atoms with E-state index in [0.717, 1.165) is 0 Å². The Morgan fingerprint density at radius 3 is 2.62 bits per heavy atom. The van der Waals surface area contributed by atoms with Crippen LogP contribution in [0.15, 0.2) is 15.7 Å². The molecule has 1 amide bonds. The number of fused-ring (bicyclic) bond motifs is 1. The van der Waals surface area contributed by atoms with Crippen molar-refractivity contribution in [1.82, 2.24) is 19.9 Å². The van der Waals surface area contributed by atoms with Crippen LogP contribution in [0.5, 0.6) is 0 Å². The van der Waals surface area contributed by atoms with Crippen molar-refractivity contribution in [2.45, 2.75) is 58.5 Å². The number of sulfone groups is 1. The van der Waals surface area contributed by atoms with Gasteiger partial charge in [0, 0.05) is 12.2 Å². The molecule has 1 atom stereocenters. The number of rotatable bonds is 5. The quantitative estimate of drug-likeness (QED) is 0.737. The topological polar surface area (TPSA) is 131 Å². The Bertz CT molecular complexity index is 1200. The molecule has 0 radical (unpaired) electrons. The van der Waals surface area contributed by atoms with Gasteiger partial charge in [-0.2, -0.15) is 0 Å². The number of aryl methyl sites for hydroxylation is 1. The SMILES string of the molecule is CCCn1c(=O)[nH]c(=O)c2c(C(=O)N[C@@]3(C)CCS(=O)(=O)C3)cc(C(C)C)nc21. The van der Waals surface area contributed by atoms with Crippen molar-refractivity contribution in [2.24, 2.45) is 0 Å². The number of aromatic amines is 1.